The maximum Gasteiger partial charge on any atom is 0.244 e. The number of anilines is 1. The van der Waals surface area contributed by atoms with Crippen LogP contribution >= 0.6 is 24.2 Å². The van der Waals surface area contributed by atoms with Crippen LogP contribution in [0.4, 0.5) is 5.69 Å². The van der Waals surface area contributed by atoms with Crippen molar-refractivity contribution >= 4 is 35.8 Å². The molecule has 6 heteroatoms. The van der Waals surface area contributed by atoms with Crippen LogP contribution in [-0.4, -0.2) is 36.7 Å². The normalized spacial score (nSPS) is 16.9. The molecule has 21 heavy (non-hydrogen) atoms. The maximum absolute atomic E-state index is 12.3. The summed E-state index contributed by atoms with van der Waals surface area (Å²) in [5, 5.41) is 2.91. The summed E-state index contributed by atoms with van der Waals surface area (Å²) in [6.45, 7) is 1.11. The number of carbonyl (C=O) groups excluding carboxylic acids is 1. The van der Waals surface area contributed by atoms with Crippen LogP contribution in [0.15, 0.2) is 24.3 Å². The second-order valence-corrected chi connectivity index (χ2v) is 6.15. The van der Waals surface area contributed by atoms with Crippen LogP contribution < -0.4 is 11.1 Å². The van der Waals surface area contributed by atoms with Gasteiger partial charge in [-0.05, 0) is 49.0 Å². The summed E-state index contributed by atoms with van der Waals surface area (Å²) in [6.07, 6.45) is 4.30. The highest BCUT2D eigenvalue weighted by Crippen LogP contribution is 2.20. The predicted octanol–water partition coefficient (Wildman–Crippen LogP) is 2.46. The second kappa shape index (κ2) is 8.63. The van der Waals surface area contributed by atoms with Gasteiger partial charge in [-0.25, -0.2) is 0 Å². The topological polar surface area (TPSA) is 64.4 Å². The van der Waals surface area contributed by atoms with Crippen molar-refractivity contribution in [3.05, 3.63) is 29.8 Å². The number of aryl methyl sites for hydroxylation is 1. The number of thioether (sulfide) groups is 1. The lowest BCUT2D eigenvalue weighted by Crippen LogP contribution is -2.54. The Bertz CT molecular complexity index is 447. The Morgan fingerprint density at radius 3 is 2.52 bits per heavy atom. The fourth-order valence-electron chi connectivity index (χ4n) is 2.19. The van der Waals surface area contributed by atoms with Crippen molar-refractivity contribution in [1.82, 2.24) is 0 Å². The summed E-state index contributed by atoms with van der Waals surface area (Å²) in [6, 6.07) is 7.99. The first-order valence-corrected chi connectivity index (χ1v) is 8.29. The molecule has 2 rings (SSSR count). The third-order valence-electron chi connectivity index (χ3n) is 3.64. The average Bonchev–Trinajstić information content (AvgIpc) is 2.47. The zero-order valence-electron chi connectivity index (χ0n) is 12.3. The first-order valence-electron chi connectivity index (χ1n) is 6.90. The lowest BCUT2D eigenvalue weighted by molar-refractivity contribution is -0.124. The van der Waals surface area contributed by atoms with E-state index in [9.17, 15) is 4.79 Å². The molecule has 0 spiro atoms. The van der Waals surface area contributed by atoms with Gasteiger partial charge in [-0.2, -0.15) is 11.8 Å². The van der Waals surface area contributed by atoms with E-state index in [1.807, 2.05) is 23.9 Å². The van der Waals surface area contributed by atoms with Crippen molar-refractivity contribution in [2.45, 2.75) is 24.8 Å². The predicted molar refractivity (Wildman–Crippen MR) is 91.4 cm³/mol. The number of hydrogen-bond acceptors (Lipinski definition) is 4. The summed E-state index contributed by atoms with van der Waals surface area (Å²) in [5.74, 6) is 0.995. The van der Waals surface area contributed by atoms with Crippen LogP contribution in [0.2, 0.25) is 0 Å². The fourth-order valence-corrected chi connectivity index (χ4v) is 2.63. The summed E-state index contributed by atoms with van der Waals surface area (Å²) >= 11 is 1.83. The Hall–Kier alpha value is -0.750. The van der Waals surface area contributed by atoms with Crippen molar-refractivity contribution in [3.8, 4) is 0 Å². The lowest BCUT2D eigenvalue weighted by atomic mass is 9.90. The number of rotatable bonds is 5. The first kappa shape index (κ1) is 18.3. The molecule has 0 unspecified atom stereocenters. The molecule has 0 aliphatic carbocycles. The van der Waals surface area contributed by atoms with Gasteiger partial charge in [0, 0.05) is 18.9 Å². The number of amides is 1. The quantitative estimate of drug-likeness (QED) is 0.870. The minimum Gasteiger partial charge on any atom is -0.381 e. The Balaban J connectivity index is 0.00000220. The van der Waals surface area contributed by atoms with Gasteiger partial charge in [0.25, 0.3) is 0 Å². The molecule has 1 aromatic carbocycles. The smallest absolute Gasteiger partial charge is 0.244 e. The Morgan fingerprint density at radius 2 is 1.95 bits per heavy atom. The molecule has 4 nitrogen and oxygen atoms in total. The van der Waals surface area contributed by atoms with E-state index < -0.39 is 5.54 Å². The van der Waals surface area contributed by atoms with Gasteiger partial charge in [-0.15, -0.1) is 12.4 Å². The monoisotopic (exact) mass is 330 g/mol. The number of halogens is 1. The molecule has 118 valence electrons. The molecule has 1 saturated heterocycles. The molecule has 1 fully saturated rings. The molecule has 0 bridgehead atoms. The Labute approximate surface area is 136 Å². The average molecular weight is 331 g/mol. The summed E-state index contributed by atoms with van der Waals surface area (Å²) in [5.41, 5.74) is 7.44. The molecular weight excluding hydrogens is 308 g/mol. The van der Waals surface area contributed by atoms with Crippen LogP contribution in [0.3, 0.4) is 0 Å². The molecule has 1 aliphatic heterocycles. The molecule has 0 aromatic heterocycles. The number of nitrogens with two attached hydrogens (primary N) is 1. The van der Waals surface area contributed by atoms with Gasteiger partial charge in [0.1, 0.15) is 5.54 Å². The molecule has 0 radical (unpaired) electrons. The van der Waals surface area contributed by atoms with Crippen molar-refractivity contribution in [2.75, 3.05) is 30.5 Å². The fraction of sp³-hybridized carbons (Fsp3) is 0.533. The molecule has 1 heterocycles. The van der Waals surface area contributed by atoms with Crippen LogP contribution in [0, 0.1) is 0 Å². The van der Waals surface area contributed by atoms with Gasteiger partial charge in [-0.3, -0.25) is 4.79 Å². The van der Waals surface area contributed by atoms with Crippen LogP contribution in [0.25, 0.3) is 0 Å². The van der Waals surface area contributed by atoms with E-state index in [2.05, 4.69) is 23.7 Å². The first-order chi connectivity index (χ1) is 9.64. The van der Waals surface area contributed by atoms with Gasteiger partial charge in [0.15, 0.2) is 0 Å². The highest BCUT2D eigenvalue weighted by atomic mass is 35.5. The molecular formula is C15H23ClN2O2S. The Morgan fingerprint density at radius 1 is 1.33 bits per heavy atom. The van der Waals surface area contributed by atoms with Gasteiger partial charge in [-0.1, -0.05) is 12.1 Å². The summed E-state index contributed by atoms with van der Waals surface area (Å²) in [7, 11) is 0. The minimum atomic E-state index is -0.796. The van der Waals surface area contributed by atoms with Crippen molar-refractivity contribution in [1.29, 1.82) is 0 Å². The lowest BCUT2D eigenvalue weighted by Gasteiger charge is -2.31. The molecule has 1 amide bonds. The second-order valence-electron chi connectivity index (χ2n) is 5.16. The van der Waals surface area contributed by atoms with Crippen molar-refractivity contribution in [3.63, 3.8) is 0 Å². The van der Waals surface area contributed by atoms with E-state index >= 15 is 0 Å². The van der Waals surface area contributed by atoms with Gasteiger partial charge in [0.05, 0.1) is 0 Å². The standard InChI is InChI=1S/C15H22N2O2S.ClH/c1-20-11-6-12-2-4-13(5-3-12)17-14(18)15(16)7-9-19-10-8-15;/h2-5H,6-11,16H2,1H3,(H,17,18);1H. The largest absolute Gasteiger partial charge is 0.381 e. The number of nitrogens with one attached hydrogen (secondary N) is 1. The summed E-state index contributed by atoms with van der Waals surface area (Å²) < 4.78 is 5.26. The molecule has 0 saturated carbocycles. The van der Waals surface area contributed by atoms with E-state index in [0.717, 1.165) is 17.9 Å². The number of carbonyl (C=O) groups is 1. The zero-order valence-corrected chi connectivity index (χ0v) is 13.9. The molecule has 1 aromatic rings. The highest BCUT2D eigenvalue weighted by molar-refractivity contribution is 7.98. The molecule has 3 N–H and O–H groups in total. The minimum absolute atomic E-state index is 0. The van der Waals surface area contributed by atoms with E-state index in [0.29, 0.717) is 26.1 Å². The molecule has 1 aliphatic rings. The van der Waals surface area contributed by atoms with Crippen LogP contribution in [-0.2, 0) is 16.0 Å². The zero-order chi connectivity index (χ0) is 14.4. The third kappa shape index (κ3) is 5.18. The van der Waals surface area contributed by atoms with Gasteiger partial charge >= 0.3 is 0 Å². The van der Waals surface area contributed by atoms with E-state index in [-0.39, 0.29) is 18.3 Å². The van der Waals surface area contributed by atoms with E-state index in [4.69, 9.17) is 10.5 Å². The third-order valence-corrected chi connectivity index (χ3v) is 4.26. The van der Waals surface area contributed by atoms with Gasteiger partial charge in [0.2, 0.25) is 5.91 Å². The SMILES string of the molecule is CSCCc1ccc(NC(=O)C2(N)CCOCC2)cc1.Cl. The molecule has 0 atom stereocenters. The van der Waals surface area contributed by atoms with E-state index in [1.54, 1.807) is 0 Å². The Kier molecular flexibility index (Phi) is 7.52. The van der Waals surface area contributed by atoms with Crippen LogP contribution in [0.5, 0.6) is 0 Å². The number of ether oxygens (including phenoxy) is 1. The van der Waals surface area contributed by atoms with Gasteiger partial charge < -0.3 is 15.8 Å². The highest BCUT2D eigenvalue weighted by Gasteiger charge is 2.35. The number of hydrogen-bond donors (Lipinski definition) is 2. The number of benzene rings is 1. The van der Waals surface area contributed by atoms with Crippen molar-refractivity contribution in [2.24, 2.45) is 5.73 Å². The van der Waals surface area contributed by atoms with Crippen molar-refractivity contribution < 1.29 is 9.53 Å². The van der Waals surface area contributed by atoms with Crippen LogP contribution in [0.1, 0.15) is 18.4 Å². The van der Waals surface area contributed by atoms with E-state index in [1.165, 1.54) is 5.56 Å². The maximum atomic E-state index is 12.3. The summed E-state index contributed by atoms with van der Waals surface area (Å²) in [4.78, 5) is 12.3.